The van der Waals surface area contributed by atoms with E-state index in [1.165, 1.54) is 18.4 Å². The average Bonchev–Trinajstić information content (AvgIpc) is 3.60. The zero-order valence-corrected chi connectivity index (χ0v) is 23.3. The summed E-state index contributed by atoms with van der Waals surface area (Å²) < 4.78 is 2.10. The second kappa shape index (κ2) is 11.2. The number of anilines is 1. The number of nitrogens with two attached hydrogens (primary N) is 1. The molecule has 2 saturated heterocycles. The van der Waals surface area contributed by atoms with Crippen LogP contribution in [0.3, 0.4) is 0 Å². The molecule has 0 atom stereocenters. The molecule has 5 aromatic rings. The van der Waals surface area contributed by atoms with Gasteiger partial charge in [0.05, 0.1) is 29.1 Å². The molecule has 41 heavy (non-hydrogen) atoms. The van der Waals surface area contributed by atoms with Gasteiger partial charge in [0.2, 0.25) is 0 Å². The Hall–Kier alpha value is -3.86. The third kappa shape index (κ3) is 5.18. The number of aliphatic hydroxyl groups excluding tert-OH is 1. The van der Waals surface area contributed by atoms with E-state index in [-0.39, 0.29) is 12.6 Å². The lowest BCUT2D eigenvalue weighted by atomic mass is 9.98. The fraction of sp³-hybridized carbons (Fsp3) is 0.419. The predicted octanol–water partition coefficient (Wildman–Crippen LogP) is 3.64. The highest BCUT2D eigenvalue weighted by atomic mass is 16.3. The van der Waals surface area contributed by atoms with Crippen LogP contribution in [-0.2, 0) is 6.42 Å². The van der Waals surface area contributed by atoms with Gasteiger partial charge in [0, 0.05) is 37.7 Å². The summed E-state index contributed by atoms with van der Waals surface area (Å²) in [6.07, 6.45) is 6.70. The molecule has 4 N–H and O–H groups in total. The van der Waals surface area contributed by atoms with E-state index in [4.69, 9.17) is 15.8 Å². The Morgan fingerprint density at radius 1 is 0.927 bits per heavy atom. The number of likely N-dealkylation sites (tertiary alicyclic amines) is 2. The van der Waals surface area contributed by atoms with Crippen LogP contribution >= 0.6 is 0 Å². The number of β-amino-alcohol motifs (C(OH)–C–C–N with tert-alkyl or cyclic N) is 1. The minimum absolute atomic E-state index is 0.245. The van der Waals surface area contributed by atoms with Gasteiger partial charge in [0.1, 0.15) is 23.7 Å². The van der Waals surface area contributed by atoms with Gasteiger partial charge in [0.15, 0.2) is 5.65 Å². The molecule has 0 saturated carbocycles. The number of hydrogen-bond acceptors (Lipinski definition) is 8. The van der Waals surface area contributed by atoms with Crippen LogP contribution in [0.25, 0.3) is 33.3 Å². The molecule has 0 bridgehead atoms. The molecule has 0 unspecified atom stereocenters. The largest absolute Gasteiger partial charge is 0.395 e. The first-order chi connectivity index (χ1) is 20.2. The normalized spacial score (nSPS) is 18.1. The summed E-state index contributed by atoms with van der Waals surface area (Å²) in [6.45, 7) is 5.28. The highest BCUT2D eigenvalue weighted by Gasteiger charge is 2.30. The van der Waals surface area contributed by atoms with E-state index in [1.54, 1.807) is 6.33 Å². The van der Waals surface area contributed by atoms with Crippen LogP contribution in [0.2, 0.25) is 0 Å². The van der Waals surface area contributed by atoms with Crippen molar-refractivity contribution in [2.24, 2.45) is 0 Å². The molecule has 0 aliphatic carbocycles. The van der Waals surface area contributed by atoms with Crippen molar-refractivity contribution in [1.82, 2.24) is 39.5 Å². The fourth-order valence-corrected chi connectivity index (χ4v) is 6.68. The monoisotopic (exact) mass is 551 g/mol. The van der Waals surface area contributed by atoms with Crippen LogP contribution in [0.1, 0.15) is 43.1 Å². The molecule has 2 aromatic carbocycles. The second-order valence-corrected chi connectivity index (χ2v) is 11.4. The van der Waals surface area contributed by atoms with Crippen molar-refractivity contribution in [3.05, 3.63) is 66.2 Å². The molecule has 2 aliphatic rings. The van der Waals surface area contributed by atoms with Gasteiger partial charge >= 0.3 is 0 Å². The van der Waals surface area contributed by atoms with Crippen LogP contribution in [0.15, 0.2) is 54.9 Å². The zero-order chi connectivity index (χ0) is 27.8. The molecule has 0 spiro atoms. The van der Waals surface area contributed by atoms with Gasteiger partial charge in [-0.1, -0.05) is 36.4 Å². The van der Waals surface area contributed by atoms with Crippen LogP contribution in [0.4, 0.5) is 5.82 Å². The first-order valence-corrected chi connectivity index (χ1v) is 14.7. The summed E-state index contributed by atoms with van der Waals surface area (Å²) in [6, 6.07) is 17.5. The summed E-state index contributed by atoms with van der Waals surface area (Å²) in [5, 5.41) is 15.2. The molecule has 0 radical (unpaired) electrons. The lowest BCUT2D eigenvalue weighted by molar-refractivity contribution is 0.0715. The molecule has 10 heteroatoms. The summed E-state index contributed by atoms with van der Waals surface area (Å²) >= 11 is 0. The molecular weight excluding hydrogens is 514 g/mol. The summed E-state index contributed by atoms with van der Waals surface area (Å²) in [5.41, 5.74) is 12.2. The number of aromatic amines is 1. The van der Waals surface area contributed by atoms with E-state index < -0.39 is 0 Å². The standard InChI is InChI=1S/C31H37N9O/c32-30-28-29(22-6-7-25-26(19-22)36-27(35-25)18-21-4-2-1-3-5-21)37-40(31(28)34-20-33-30)24-10-14-39(15-11-24)23-8-12-38(13-9-23)16-17-41/h1-7,19-20,23-24,41H,8-18H2,(H,35,36)(H2,32,33,34). The number of H-pyrrole nitrogens is 1. The van der Waals surface area contributed by atoms with Gasteiger partial charge in [-0.2, -0.15) is 5.10 Å². The van der Waals surface area contributed by atoms with E-state index in [0.29, 0.717) is 11.9 Å². The van der Waals surface area contributed by atoms with Crippen LogP contribution in [-0.4, -0.2) is 90.0 Å². The molecule has 7 rings (SSSR count). The Balaban J connectivity index is 1.13. The number of nitrogens with zero attached hydrogens (tertiary/aromatic N) is 7. The Labute approximate surface area is 239 Å². The lowest BCUT2D eigenvalue weighted by Crippen LogP contribution is -2.48. The van der Waals surface area contributed by atoms with Crippen molar-refractivity contribution in [2.45, 2.75) is 44.2 Å². The third-order valence-electron chi connectivity index (χ3n) is 8.87. The Bertz CT molecular complexity index is 1630. The second-order valence-electron chi connectivity index (χ2n) is 11.4. The van der Waals surface area contributed by atoms with Crippen molar-refractivity contribution in [2.75, 3.05) is 45.1 Å². The fourth-order valence-electron chi connectivity index (χ4n) is 6.68. The molecule has 212 valence electrons. The smallest absolute Gasteiger partial charge is 0.164 e. The van der Waals surface area contributed by atoms with Gasteiger partial charge in [-0.15, -0.1) is 0 Å². The third-order valence-corrected chi connectivity index (χ3v) is 8.87. The van der Waals surface area contributed by atoms with Crippen LogP contribution in [0.5, 0.6) is 0 Å². The number of aliphatic hydroxyl groups is 1. The van der Waals surface area contributed by atoms with Crippen molar-refractivity contribution in [3.63, 3.8) is 0 Å². The first-order valence-electron chi connectivity index (χ1n) is 14.7. The maximum Gasteiger partial charge on any atom is 0.164 e. The number of imidazole rings is 1. The Morgan fingerprint density at radius 2 is 1.71 bits per heavy atom. The topological polar surface area (TPSA) is 125 Å². The van der Waals surface area contributed by atoms with E-state index in [2.05, 4.69) is 65.8 Å². The maximum atomic E-state index is 9.25. The van der Waals surface area contributed by atoms with Gasteiger partial charge in [-0.05, 0) is 56.5 Å². The minimum atomic E-state index is 0.245. The highest BCUT2D eigenvalue weighted by Crippen LogP contribution is 2.35. The van der Waals surface area contributed by atoms with E-state index in [9.17, 15) is 5.11 Å². The summed E-state index contributed by atoms with van der Waals surface area (Å²) in [7, 11) is 0. The number of nitrogen functional groups attached to an aromatic ring is 1. The van der Waals surface area contributed by atoms with Crippen molar-refractivity contribution in [1.29, 1.82) is 0 Å². The van der Waals surface area contributed by atoms with Gasteiger partial charge in [0.25, 0.3) is 0 Å². The number of piperidine rings is 2. The van der Waals surface area contributed by atoms with Crippen LogP contribution in [0, 0.1) is 0 Å². The Morgan fingerprint density at radius 3 is 2.49 bits per heavy atom. The number of fused-ring (bicyclic) bond motifs is 2. The molecule has 10 nitrogen and oxygen atoms in total. The molecule has 2 fully saturated rings. The van der Waals surface area contributed by atoms with Crippen molar-refractivity contribution >= 4 is 27.9 Å². The minimum Gasteiger partial charge on any atom is -0.395 e. The predicted molar refractivity (Wildman–Crippen MR) is 160 cm³/mol. The number of aromatic nitrogens is 6. The van der Waals surface area contributed by atoms with Gasteiger partial charge in [-0.25, -0.2) is 19.6 Å². The van der Waals surface area contributed by atoms with E-state index >= 15 is 0 Å². The average molecular weight is 552 g/mol. The molecular formula is C31H37N9O. The van der Waals surface area contributed by atoms with E-state index in [1.807, 2.05) is 12.1 Å². The molecule has 3 aromatic heterocycles. The molecule has 0 amide bonds. The lowest BCUT2D eigenvalue weighted by Gasteiger charge is -2.41. The SMILES string of the molecule is Nc1ncnc2c1c(-c1ccc3nc(Cc4ccccc4)[nH]c3c1)nn2C1CCN(C2CCN(CCO)CC2)CC1. The first kappa shape index (κ1) is 26.1. The number of nitrogens with one attached hydrogen (secondary N) is 1. The van der Waals surface area contributed by atoms with Gasteiger partial charge in [-0.3, -0.25) is 0 Å². The van der Waals surface area contributed by atoms with Crippen molar-refractivity contribution in [3.8, 4) is 11.3 Å². The van der Waals surface area contributed by atoms with Crippen molar-refractivity contribution < 1.29 is 5.11 Å². The van der Waals surface area contributed by atoms with Crippen LogP contribution < -0.4 is 5.73 Å². The highest BCUT2D eigenvalue weighted by molar-refractivity contribution is 5.99. The molecule has 2 aliphatic heterocycles. The Kier molecular flexibility index (Phi) is 7.12. The number of hydrogen-bond donors (Lipinski definition) is 3. The summed E-state index contributed by atoms with van der Waals surface area (Å²) in [4.78, 5) is 22.3. The van der Waals surface area contributed by atoms with E-state index in [0.717, 1.165) is 91.1 Å². The summed E-state index contributed by atoms with van der Waals surface area (Å²) in [5.74, 6) is 1.39. The van der Waals surface area contributed by atoms with Gasteiger partial charge < -0.3 is 25.6 Å². The molecule has 5 heterocycles. The quantitative estimate of drug-likeness (QED) is 0.280. The zero-order valence-electron chi connectivity index (χ0n) is 23.3. The number of rotatable bonds is 7. The number of benzene rings is 2. The maximum absolute atomic E-state index is 9.25.